The third-order valence-corrected chi connectivity index (χ3v) is 2.40. The van der Waals surface area contributed by atoms with Gasteiger partial charge in [-0.1, -0.05) is 12.1 Å². The van der Waals surface area contributed by atoms with Gasteiger partial charge in [0.05, 0.1) is 0 Å². The van der Waals surface area contributed by atoms with Crippen LogP contribution in [0.15, 0.2) is 18.2 Å². The van der Waals surface area contributed by atoms with Gasteiger partial charge in [0, 0.05) is 23.5 Å². The first-order valence-electron chi connectivity index (χ1n) is 4.53. The van der Waals surface area contributed by atoms with E-state index in [1.165, 1.54) is 25.2 Å². The van der Waals surface area contributed by atoms with Gasteiger partial charge >= 0.3 is 0 Å². The van der Waals surface area contributed by atoms with E-state index in [4.69, 9.17) is 0 Å². The van der Waals surface area contributed by atoms with Crippen LogP contribution in [0.2, 0.25) is 0 Å². The van der Waals surface area contributed by atoms with Crippen molar-refractivity contribution in [2.75, 3.05) is 12.4 Å². The quantitative estimate of drug-likeness (QED) is 0.734. The van der Waals surface area contributed by atoms with Crippen LogP contribution in [0.3, 0.4) is 0 Å². The molecule has 0 atom stereocenters. The number of anilines is 1. The van der Waals surface area contributed by atoms with Gasteiger partial charge in [-0.3, -0.25) is 0 Å². The number of benzene rings is 2. The van der Waals surface area contributed by atoms with Crippen molar-refractivity contribution in [2.45, 2.75) is 0 Å². The molecule has 2 rings (SSSR count). The molecule has 0 unspecified atom stereocenters. The molecule has 0 saturated carbocycles. The van der Waals surface area contributed by atoms with Gasteiger partial charge in [-0.25, -0.2) is 8.78 Å². The summed E-state index contributed by atoms with van der Waals surface area (Å²) in [7, 11) is 1.52. The summed E-state index contributed by atoms with van der Waals surface area (Å²) in [6.07, 6.45) is 0. The molecule has 0 fully saturated rings. The van der Waals surface area contributed by atoms with Crippen LogP contribution < -0.4 is 5.32 Å². The van der Waals surface area contributed by atoms with Gasteiger partial charge in [0.2, 0.25) is 5.82 Å². The van der Waals surface area contributed by atoms with Gasteiger partial charge in [-0.05, 0) is 6.07 Å². The minimum Gasteiger partial charge on any atom is -0.504 e. The lowest BCUT2D eigenvalue weighted by molar-refractivity contribution is 0.395. The molecule has 0 radical (unpaired) electrons. The van der Waals surface area contributed by atoms with Crippen molar-refractivity contribution in [3.63, 3.8) is 0 Å². The molecule has 0 heterocycles. The Morgan fingerprint density at radius 1 is 1.06 bits per heavy atom. The van der Waals surface area contributed by atoms with Crippen molar-refractivity contribution < 1.29 is 18.3 Å². The Labute approximate surface area is 89.3 Å². The fourth-order valence-corrected chi connectivity index (χ4v) is 1.62. The van der Waals surface area contributed by atoms with Crippen molar-refractivity contribution in [1.29, 1.82) is 0 Å². The van der Waals surface area contributed by atoms with Crippen LogP contribution in [0, 0.1) is 17.5 Å². The molecule has 2 N–H and O–H groups in total. The number of rotatable bonds is 1. The van der Waals surface area contributed by atoms with E-state index in [0.29, 0.717) is 0 Å². The summed E-state index contributed by atoms with van der Waals surface area (Å²) in [6.45, 7) is 0. The van der Waals surface area contributed by atoms with Crippen molar-refractivity contribution in [1.82, 2.24) is 0 Å². The van der Waals surface area contributed by atoms with Crippen molar-refractivity contribution in [3.8, 4) is 5.75 Å². The zero-order chi connectivity index (χ0) is 11.9. The Kier molecular flexibility index (Phi) is 2.38. The number of phenolic OH excluding ortho intramolecular Hbond substituents is 1. The Balaban J connectivity index is 3.02. The lowest BCUT2D eigenvalue weighted by Gasteiger charge is -2.09. The molecule has 0 aliphatic rings. The van der Waals surface area contributed by atoms with E-state index in [-0.39, 0.29) is 16.5 Å². The number of halogens is 3. The highest BCUT2D eigenvalue weighted by Gasteiger charge is 2.21. The maximum absolute atomic E-state index is 13.5. The summed E-state index contributed by atoms with van der Waals surface area (Å²) < 4.78 is 39.7. The second-order valence-corrected chi connectivity index (χ2v) is 3.27. The first-order chi connectivity index (χ1) is 7.57. The van der Waals surface area contributed by atoms with E-state index in [9.17, 15) is 18.3 Å². The van der Waals surface area contributed by atoms with E-state index in [0.717, 1.165) is 0 Å². The molecular weight excluding hydrogens is 219 g/mol. The Morgan fingerprint density at radius 2 is 1.75 bits per heavy atom. The second kappa shape index (κ2) is 3.59. The molecular formula is C11H8F3NO. The van der Waals surface area contributed by atoms with Gasteiger partial charge in [0.15, 0.2) is 17.4 Å². The summed E-state index contributed by atoms with van der Waals surface area (Å²) in [4.78, 5) is 0. The van der Waals surface area contributed by atoms with E-state index in [1.807, 2.05) is 0 Å². The maximum atomic E-state index is 13.5. The molecule has 2 aromatic rings. The number of phenols is 1. The van der Waals surface area contributed by atoms with Crippen LogP contribution in [0.1, 0.15) is 0 Å². The van der Waals surface area contributed by atoms with E-state index in [1.54, 1.807) is 0 Å². The summed E-state index contributed by atoms with van der Waals surface area (Å²) in [5.41, 5.74) is 0.282. The Morgan fingerprint density at radius 3 is 2.38 bits per heavy atom. The highest BCUT2D eigenvalue weighted by Crippen LogP contribution is 2.36. The molecule has 5 heteroatoms. The second-order valence-electron chi connectivity index (χ2n) is 3.27. The van der Waals surface area contributed by atoms with Crippen LogP contribution in [0.4, 0.5) is 18.9 Å². The first-order valence-corrected chi connectivity index (χ1v) is 4.53. The van der Waals surface area contributed by atoms with Gasteiger partial charge in [0.1, 0.15) is 0 Å². The molecule has 0 spiro atoms. The van der Waals surface area contributed by atoms with Crippen molar-refractivity contribution in [2.24, 2.45) is 0 Å². The zero-order valence-corrected chi connectivity index (χ0v) is 8.31. The van der Waals surface area contributed by atoms with Crippen LogP contribution >= 0.6 is 0 Å². The lowest BCUT2D eigenvalue weighted by atomic mass is 10.1. The monoisotopic (exact) mass is 227 g/mol. The van der Waals surface area contributed by atoms with Crippen molar-refractivity contribution >= 4 is 16.5 Å². The number of aromatic hydroxyl groups is 1. The van der Waals surface area contributed by atoms with E-state index in [2.05, 4.69) is 5.32 Å². The van der Waals surface area contributed by atoms with Crippen molar-refractivity contribution in [3.05, 3.63) is 35.7 Å². The summed E-state index contributed by atoms with van der Waals surface area (Å²) in [5.74, 6) is -5.44. The molecule has 2 aromatic carbocycles. The minimum absolute atomic E-state index is 0.0664. The third-order valence-electron chi connectivity index (χ3n) is 2.40. The molecule has 0 aromatic heterocycles. The van der Waals surface area contributed by atoms with Gasteiger partial charge in [0.25, 0.3) is 0 Å². The molecule has 0 bridgehead atoms. The predicted octanol–water partition coefficient (Wildman–Crippen LogP) is 3.00. The van der Waals surface area contributed by atoms with Crippen LogP contribution in [-0.4, -0.2) is 12.2 Å². The largest absolute Gasteiger partial charge is 0.504 e. The van der Waals surface area contributed by atoms with Gasteiger partial charge in [-0.2, -0.15) is 4.39 Å². The van der Waals surface area contributed by atoms with E-state index < -0.39 is 23.2 Å². The molecule has 0 amide bonds. The average molecular weight is 227 g/mol. The molecule has 0 aliphatic carbocycles. The fraction of sp³-hybridized carbons (Fsp3) is 0.0909. The van der Waals surface area contributed by atoms with Crippen LogP contribution in [0.5, 0.6) is 5.75 Å². The number of fused-ring (bicyclic) bond motifs is 1. The SMILES string of the molecule is CNc1cccc2c(O)c(F)c(F)c(F)c12. The zero-order valence-electron chi connectivity index (χ0n) is 8.31. The first kappa shape index (κ1) is 10.6. The van der Waals surface area contributed by atoms with E-state index >= 15 is 0 Å². The highest BCUT2D eigenvalue weighted by molar-refractivity contribution is 5.98. The molecule has 2 nitrogen and oxygen atoms in total. The van der Waals surface area contributed by atoms with Gasteiger partial charge in [-0.15, -0.1) is 0 Å². The molecule has 84 valence electrons. The standard InChI is InChI=1S/C11H8F3NO/c1-15-6-4-2-3-5-7(6)8(12)9(13)10(14)11(5)16/h2-4,15-16H,1H3. The normalized spacial score (nSPS) is 10.8. The molecule has 0 aliphatic heterocycles. The number of nitrogens with one attached hydrogen (secondary N) is 1. The summed E-state index contributed by atoms with van der Waals surface area (Å²) >= 11 is 0. The summed E-state index contributed by atoms with van der Waals surface area (Å²) in [6, 6.07) is 4.32. The number of hydrogen-bond acceptors (Lipinski definition) is 2. The Hall–Kier alpha value is -1.91. The fourth-order valence-electron chi connectivity index (χ4n) is 1.62. The number of hydrogen-bond donors (Lipinski definition) is 2. The molecule has 16 heavy (non-hydrogen) atoms. The minimum atomic E-state index is -1.67. The van der Waals surface area contributed by atoms with Gasteiger partial charge < -0.3 is 10.4 Å². The smallest absolute Gasteiger partial charge is 0.204 e. The third kappa shape index (κ3) is 1.28. The lowest BCUT2D eigenvalue weighted by Crippen LogP contribution is -1.97. The topological polar surface area (TPSA) is 32.3 Å². The maximum Gasteiger partial charge on any atom is 0.204 e. The summed E-state index contributed by atoms with van der Waals surface area (Å²) in [5, 5.41) is 11.8. The average Bonchev–Trinajstić information content (AvgIpc) is 2.32. The van der Waals surface area contributed by atoms with Crippen LogP contribution in [0.25, 0.3) is 10.8 Å². The predicted molar refractivity (Wildman–Crippen MR) is 55.0 cm³/mol. The van der Waals surface area contributed by atoms with Crippen LogP contribution in [-0.2, 0) is 0 Å². The highest BCUT2D eigenvalue weighted by atomic mass is 19.2. The Bertz CT molecular complexity index is 569. The molecule has 0 saturated heterocycles.